The standard InChI is InChI=1S/C14H17NO5/c1-10(16)20-9-13(17)15-12(14(18)19)8-7-11-5-3-2-4-6-11/h2-6,12H,7-9H2,1H3,(H,15,17)(H,18,19)/t12-/m1/s1. The highest BCUT2D eigenvalue weighted by molar-refractivity contribution is 5.85. The molecule has 0 heterocycles. The number of aryl methyl sites for hydroxylation is 1. The van der Waals surface area contributed by atoms with Crippen molar-refractivity contribution in [3.8, 4) is 0 Å². The fourth-order valence-electron chi connectivity index (χ4n) is 1.62. The lowest BCUT2D eigenvalue weighted by atomic mass is 10.1. The SMILES string of the molecule is CC(=O)OCC(=O)N[C@H](CCc1ccccc1)C(=O)O. The second-order valence-corrected chi connectivity index (χ2v) is 4.26. The van der Waals surface area contributed by atoms with Gasteiger partial charge in [0.05, 0.1) is 0 Å². The Morgan fingerprint density at radius 3 is 2.45 bits per heavy atom. The molecule has 0 aliphatic heterocycles. The van der Waals surface area contributed by atoms with E-state index in [4.69, 9.17) is 5.11 Å². The van der Waals surface area contributed by atoms with Crippen molar-refractivity contribution in [1.29, 1.82) is 0 Å². The number of hydrogen-bond acceptors (Lipinski definition) is 4. The topological polar surface area (TPSA) is 92.7 Å². The summed E-state index contributed by atoms with van der Waals surface area (Å²) in [6, 6.07) is 8.38. The van der Waals surface area contributed by atoms with Crippen molar-refractivity contribution in [3.05, 3.63) is 35.9 Å². The number of nitrogens with one attached hydrogen (secondary N) is 1. The lowest BCUT2D eigenvalue weighted by Gasteiger charge is -2.14. The highest BCUT2D eigenvalue weighted by Gasteiger charge is 2.20. The molecule has 0 unspecified atom stereocenters. The van der Waals surface area contributed by atoms with Gasteiger partial charge in [-0.3, -0.25) is 9.59 Å². The number of carboxylic acid groups (broad SMARTS) is 1. The van der Waals surface area contributed by atoms with Crippen LogP contribution in [0.2, 0.25) is 0 Å². The van der Waals surface area contributed by atoms with E-state index in [-0.39, 0.29) is 6.42 Å². The third-order valence-electron chi connectivity index (χ3n) is 2.60. The van der Waals surface area contributed by atoms with E-state index in [1.165, 1.54) is 6.92 Å². The molecule has 0 aliphatic rings. The Bertz CT molecular complexity index is 472. The maximum Gasteiger partial charge on any atom is 0.326 e. The van der Waals surface area contributed by atoms with Crippen LogP contribution in [0.25, 0.3) is 0 Å². The van der Waals surface area contributed by atoms with Gasteiger partial charge in [-0.05, 0) is 18.4 Å². The molecule has 0 saturated heterocycles. The minimum Gasteiger partial charge on any atom is -0.480 e. The van der Waals surface area contributed by atoms with Crippen molar-refractivity contribution in [2.24, 2.45) is 0 Å². The summed E-state index contributed by atoms with van der Waals surface area (Å²) in [6.45, 7) is 0.710. The highest BCUT2D eigenvalue weighted by Crippen LogP contribution is 2.05. The summed E-state index contributed by atoms with van der Waals surface area (Å²) in [5.41, 5.74) is 0.994. The number of ether oxygens (including phenoxy) is 1. The van der Waals surface area contributed by atoms with Crippen molar-refractivity contribution >= 4 is 17.8 Å². The zero-order valence-corrected chi connectivity index (χ0v) is 11.2. The molecule has 0 spiro atoms. The Labute approximate surface area is 116 Å². The molecule has 1 aromatic rings. The molecule has 0 saturated carbocycles. The second-order valence-electron chi connectivity index (χ2n) is 4.26. The molecule has 6 heteroatoms. The van der Waals surface area contributed by atoms with Crippen LogP contribution < -0.4 is 5.32 Å². The maximum absolute atomic E-state index is 11.4. The molecule has 1 rings (SSSR count). The summed E-state index contributed by atoms with van der Waals surface area (Å²) in [7, 11) is 0. The molecule has 1 atom stereocenters. The Balaban J connectivity index is 2.46. The molecule has 0 bridgehead atoms. The van der Waals surface area contributed by atoms with E-state index in [0.29, 0.717) is 6.42 Å². The van der Waals surface area contributed by atoms with Crippen LogP contribution in [0.15, 0.2) is 30.3 Å². The minimum atomic E-state index is -1.11. The van der Waals surface area contributed by atoms with E-state index in [1.54, 1.807) is 0 Å². The molecule has 108 valence electrons. The molecule has 1 amide bonds. The van der Waals surface area contributed by atoms with Crippen LogP contribution in [-0.4, -0.2) is 35.6 Å². The first-order chi connectivity index (χ1) is 9.49. The normalized spacial score (nSPS) is 11.4. The number of rotatable bonds is 7. The minimum absolute atomic E-state index is 0.269. The van der Waals surface area contributed by atoms with Gasteiger partial charge in [-0.2, -0.15) is 0 Å². The van der Waals surface area contributed by atoms with Crippen LogP contribution in [-0.2, 0) is 25.5 Å². The van der Waals surface area contributed by atoms with Gasteiger partial charge in [0.1, 0.15) is 6.04 Å². The predicted molar refractivity (Wildman–Crippen MR) is 71.0 cm³/mol. The number of carbonyl (C=O) groups is 3. The summed E-state index contributed by atoms with van der Waals surface area (Å²) in [5, 5.41) is 11.4. The molecule has 6 nitrogen and oxygen atoms in total. The molecule has 0 aliphatic carbocycles. The number of esters is 1. The highest BCUT2D eigenvalue weighted by atomic mass is 16.5. The van der Waals surface area contributed by atoms with Gasteiger partial charge in [-0.15, -0.1) is 0 Å². The Kier molecular flexibility index (Phi) is 6.22. The third kappa shape index (κ3) is 5.99. The van der Waals surface area contributed by atoms with Gasteiger partial charge in [0.15, 0.2) is 6.61 Å². The van der Waals surface area contributed by atoms with Crippen LogP contribution in [0.4, 0.5) is 0 Å². The van der Waals surface area contributed by atoms with E-state index in [2.05, 4.69) is 10.1 Å². The summed E-state index contributed by atoms with van der Waals surface area (Å²) in [4.78, 5) is 33.1. The zero-order valence-electron chi connectivity index (χ0n) is 11.2. The van der Waals surface area contributed by atoms with E-state index < -0.39 is 30.5 Å². The first-order valence-electron chi connectivity index (χ1n) is 6.18. The maximum atomic E-state index is 11.4. The first kappa shape index (κ1) is 15.7. The fraction of sp³-hybridized carbons (Fsp3) is 0.357. The van der Waals surface area contributed by atoms with Crippen LogP contribution >= 0.6 is 0 Å². The summed E-state index contributed by atoms with van der Waals surface area (Å²) in [6.07, 6.45) is 0.802. The van der Waals surface area contributed by atoms with Gasteiger partial charge in [0, 0.05) is 6.92 Å². The quantitative estimate of drug-likeness (QED) is 0.718. The van der Waals surface area contributed by atoms with Gasteiger partial charge in [-0.25, -0.2) is 4.79 Å². The van der Waals surface area contributed by atoms with Crippen LogP contribution in [0.5, 0.6) is 0 Å². The van der Waals surface area contributed by atoms with Crippen molar-refractivity contribution < 1.29 is 24.2 Å². The molecule has 0 fully saturated rings. The van der Waals surface area contributed by atoms with Crippen molar-refractivity contribution in [2.45, 2.75) is 25.8 Å². The Morgan fingerprint density at radius 2 is 1.90 bits per heavy atom. The lowest BCUT2D eigenvalue weighted by Crippen LogP contribution is -2.42. The van der Waals surface area contributed by atoms with E-state index >= 15 is 0 Å². The molecule has 0 aromatic heterocycles. The monoisotopic (exact) mass is 279 g/mol. The number of hydrogen-bond donors (Lipinski definition) is 2. The Hall–Kier alpha value is -2.37. The van der Waals surface area contributed by atoms with Gasteiger partial charge in [-0.1, -0.05) is 30.3 Å². The zero-order chi connectivity index (χ0) is 15.0. The molecular weight excluding hydrogens is 262 g/mol. The smallest absolute Gasteiger partial charge is 0.326 e. The molecule has 20 heavy (non-hydrogen) atoms. The number of carbonyl (C=O) groups excluding carboxylic acids is 2. The van der Waals surface area contributed by atoms with Crippen molar-refractivity contribution in [2.75, 3.05) is 6.61 Å². The van der Waals surface area contributed by atoms with Gasteiger partial charge in [0.2, 0.25) is 0 Å². The van der Waals surface area contributed by atoms with Gasteiger partial charge in [0.25, 0.3) is 5.91 Å². The average Bonchev–Trinajstić information content (AvgIpc) is 2.42. The number of benzene rings is 1. The van der Waals surface area contributed by atoms with Crippen molar-refractivity contribution in [3.63, 3.8) is 0 Å². The van der Waals surface area contributed by atoms with Crippen molar-refractivity contribution in [1.82, 2.24) is 5.32 Å². The largest absolute Gasteiger partial charge is 0.480 e. The molecule has 2 N–H and O–H groups in total. The van der Waals surface area contributed by atoms with E-state index in [1.807, 2.05) is 30.3 Å². The second kappa shape index (κ2) is 7.93. The van der Waals surface area contributed by atoms with Gasteiger partial charge < -0.3 is 15.2 Å². The Morgan fingerprint density at radius 1 is 1.25 bits per heavy atom. The van der Waals surface area contributed by atoms with Crippen LogP contribution in [0.1, 0.15) is 18.9 Å². The first-order valence-corrected chi connectivity index (χ1v) is 6.18. The van der Waals surface area contributed by atoms with Crippen LogP contribution in [0.3, 0.4) is 0 Å². The summed E-state index contributed by atoms with van der Waals surface area (Å²) in [5.74, 6) is -2.32. The average molecular weight is 279 g/mol. The van der Waals surface area contributed by atoms with Crippen LogP contribution in [0, 0.1) is 0 Å². The molecule has 1 aromatic carbocycles. The third-order valence-corrected chi connectivity index (χ3v) is 2.60. The predicted octanol–water partition coefficient (Wildman–Crippen LogP) is 0.752. The number of amides is 1. The molecular formula is C14H17NO5. The fourth-order valence-corrected chi connectivity index (χ4v) is 1.62. The lowest BCUT2D eigenvalue weighted by molar-refractivity contribution is -0.148. The van der Waals surface area contributed by atoms with Gasteiger partial charge >= 0.3 is 11.9 Å². The van der Waals surface area contributed by atoms with E-state index in [9.17, 15) is 14.4 Å². The summed E-state index contributed by atoms with van der Waals surface area (Å²) >= 11 is 0. The van der Waals surface area contributed by atoms with E-state index in [0.717, 1.165) is 5.56 Å². The number of carboxylic acids is 1. The summed E-state index contributed by atoms with van der Waals surface area (Å²) < 4.78 is 4.50. The molecule has 0 radical (unpaired) electrons. The number of aliphatic carboxylic acids is 1.